The van der Waals surface area contributed by atoms with Crippen LogP contribution in [0.3, 0.4) is 0 Å². The van der Waals surface area contributed by atoms with Gasteiger partial charge in [-0.25, -0.2) is 8.42 Å². The summed E-state index contributed by atoms with van der Waals surface area (Å²) >= 11 is 2.33. The van der Waals surface area contributed by atoms with Crippen molar-refractivity contribution in [3.63, 3.8) is 0 Å². The summed E-state index contributed by atoms with van der Waals surface area (Å²) in [5.74, 6) is -0.675. The van der Waals surface area contributed by atoms with Gasteiger partial charge in [-0.05, 0) is 24.6 Å². The first-order valence-electron chi connectivity index (χ1n) is 7.47. The number of thioether (sulfide) groups is 1. The zero-order valence-electron chi connectivity index (χ0n) is 14.1. The van der Waals surface area contributed by atoms with Crippen LogP contribution in [0.4, 0.5) is 5.13 Å². The van der Waals surface area contributed by atoms with E-state index < -0.39 is 9.84 Å². The van der Waals surface area contributed by atoms with Gasteiger partial charge in [0.1, 0.15) is 0 Å². The van der Waals surface area contributed by atoms with Crippen LogP contribution in [0.25, 0.3) is 0 Å². The molecular weight excluding hydrogens is 398 g/mol. The van der Waals surface area contributed by atoms with E-state index in [0.717, 1.165) is 17.6 Å². The van der Waals surface area contributed by atoms with Gasteiger partial charge in [0, 0.05) is 11.8 Å². The molecule has 1 amide bonds. The number of anilines is 1. The van der Waals surface area contributed by atoms with Crippen molar-refractivity contribution in [2.45, 2.75) is 17.0 Å². The van der Waals surface area contributed by atoms with E-state index in [-0.39, 0.29) is 23.4 Å². The fourth-order valence-electron chi connectivity index (χ4n) is 1.87. The molecule has 140 valence electrons. The molecule has 0 aliphatic carbocycles. The largest absolute Gasteiger partial charge is 0.465 e. The third-order valence-corrected chi connectivity index (χ3v) is 5.69. The lowest BCUT2D eigenvalue weighted by Crippen LogP contribution is -2.11. The number of carbonyl (C=O) groups excluding carboxylic acids is 2. The molecule has 1 aromatic carbocycles. The highest BCUT2D eigenvalue weighted by Crippen LogP contribution is 2.25. The van der Waals surface area contributed by atoms with Crippen LogP contribution >= 0.6 is 23.1 Å². The zero-order valence-corrected chi connectivity index (χ0v) is 16.5. The van der Waals surface area contributed by atoms with Crippen LogP contribution in [0.1, 0.15) is 22.8 Å². The lowest BCUT2D eigenvalue weighted by atomic mass is 10.1. The highest BCUT2D eigenvalue weighted by molar-refractivity contribution is 8.01. The number of carbonyl (C=O) groups is 2. The molecule has 11 heteroatoms. The number of nitrogens with zero attached hydrogens (tertiary/aromatic N) is 2. The number of esters is 1. The number of aromatic nitrogens is 2. The number of hydrogen-bond donors (Lipinski definition) is 1. The molecule has 0 aliphatic heterocycles. The lowest BCUT2D eigenvalue weighted by Gasteiger charge is -2.03. The molecule has 2 aromatic rings. The Morgan fingerprint density at radius 1 is 1.23 bits per heavy atom. The van der Waals surface area contributed by atoms with Gasteiger partial charge >= 0.3 is 5.97 Å². The first-order valence-corrected chi connectivity index (χ1v) is 11.3. The van der Waals surface area contributed by atoms with Crippen LogP contribution in [0.5, 0.6) is 0 Å². The summed E-state index contributed by atoms with van der Waals surface area (Å²) in [5.41, 5.74) is 0.982. The number of sulfone groups is 1. The average Bonchev–Trinajstić information content (AvgIpc) is 3.00. The molecule has 0 atom stereocenters. The molecule has 1 aromatic heterocycles. The molecule has 0 spiro atoms. The maximum atomic E-state index is 12.2. The molecule has 1 heterocycles. The van der Waals surface area contributed by atoms with E-state index in [9.17, 15) is 18.0 Å². The minimum absolute atomic E-state index is 0.0770. The number of rotatable bonds is 8. The summed E-state index contributed by atoms with van der Waals surface area (Å²) in [6, 6.07) is 6.29. The first kappa shape index (κ1) is 20.3. The van der Waals surface area contributed by atoms with Crippen molar-refractivity contribution in [3.05, 3.63) is 35.4 Å². The van der Waals surface area contributed by atoms with Crippen molar-refractivity contribution in [3.8, 4) is 0 Å². The molecule has 1 N–H and O–H groups in total. The Hall–Kier alpha value is -1.98. The van der Waals surface area contributed by atoms with Crippen molar-refractivity contribution in [2.24, 2.45) is 0 Å². The average molecular weight is 416 g/mol. The van der Waals surface area contributed by atoms with Gasteiger partial charge in [-0.2, -0.15) is 0 Å². The topological polar surface area (TPSA) is 115 Å². The summed E-state index contributed by atoms with van der Waals surface area (Å²) < 4.78 is 27.9. The van der Waals surface area contributed by atoms with E-state index in [4.69, 9.17) is 4.74 Å². The van der Waals surface area contributed by atoms with Crippen LogP contribution in [-0.2, 0) is 25.1 Å². The van der Waals surface area contributed by atoms with Crippen LogP contribution in [-0.4, -0.2) is 49.1 Å². The number of benzene rings is 1. The highest BCUT2D eigenvalue weighted by atomic mass is 32.2. The smallest absolute Gasteiger partial charge is 0.316 e. The van der Waals surface area contributed by atoms with Crippen LogP contribution in [0.15, 0.2) is 28.6 Å². The van der Waals surface area contributed by atoms with Gasteiger partial charge < -0.3 is 4.74 Å². The summed E-state index contributed by atoms with van der Waals surface area (Å²) in [5, 5.41) is 10.7. The molecule has 0 unspecified atom stereocenters. The predicted octanol–water partition coefficient (Wildman–Crippen LogP) is 1.99. The molecular formula is C15H17N3O5S3. The Balaban J connectivity index is 1.92. The van der Waals surface area contributed by atoms with Gasteiger partial charge in [0.25, 0.3) is 5.91 Å². The summed E-state index contributed by atoms with van der Waals surface area (Å²) in [4.78, 5) is 23.5. The van der Waals surface area contributed by atoms with E-state index in [1.54, 1.807) is 31.2 Å². The van der Waals surface area contributed by atoms with Gasteiger partial charge in [-0.1, -0.05) is 35.2 Å². The number of hydrogen-bond acceptors (Lipinski definition) is 9. The minimum atomic E-state index is -3.12. The summed E-state index contributed by atoms with van der Waals surface area (Å²) in [6.07, 6.45) is 1.15. The van der Waals surface area contributed by atoms with E-state index in [0.29, 0.717) is 27.2 Å². The Morgan fingerprint density at radius 2 is 1.92 bits per heavy atom. The minimum Gasteiger partial charge on any atom is -0.465 e. The van der Waals surface area contributed by atoms with Crippen molar-refractivity contribution < 1.29 is 22.7 Å². The SMILES string of the molecule is CCOC(=O)CSc1nnc(NC(=O)c2ccc(CS(C)(=O)=O)cc2)s1. The monoisotopic (exact) mass is 415 g/mol. The van der Waals surface area contributed by atoms with Crippen LogP contribution in [0.2, 0.25) is 0 Å². The van der Waals surface area contributed by atoms with Crippen molar-refractivity contribution >= 4 is 49.9 Å². The third-order valence-electron chi connectivity index (χ3n) is 2.89. The molecule has 8 nitrogen and oxygen atoms in total. The molecule has 0 aliphatic rings. The molecule has 0 saturated heterocycles. The van der Waals surface area contributed by atoms with Gasteiger partial charge in [0.2, 0.25) is 5.13 Å². The molecule has 0 fully saturated rings. The molecule has 0 saturated carbocycles. The Labute approximate surface area is 159 Å². The van der Waals surface area contributed by atoms with Crippen molar-refractivity contribution in [2.75, 3.05) is 23.9 Å². The Morgan fingerprint density at radius 3 is 2.54 bits per heavy atom. The Kier molecular flexibility index (Phi) is 7.12. The lowest BCUT2D eigenvalue weighted by molar-refractivity contribution is -0.139. The second-order valence-corrected chi connectivity index (χ2v) is 9.53. The van der Waals surface area contributed by atoms with E-state index in [1.807, 2.05) is 0 Å². The standard InChI is InChI=1S/C15H17N3O5S3/c1-3-23-12(19)8-24-15-18-17-14(25-15)16-13(20)11-6-4-10(5-7-11)9-26(2,21)22/h4-7H,3,8-9H2,1-2H3,(H,16,17,20). The van der Waals surface area contributed by atoms with Gasteiger partial charge in [0.05, 0.1) is 18.1 Å². The molecule has 26 heavy (non-hydrogen) atoms. The third kappa shape index (κ3) is 6.73. The van der Waals surface area contributed by atoms with Crippen molar-refractivity contribution in [1.29, 1.82) is 0 Å². The number of amides is 1. The van der Waals surface area contributed by atoms with Gasteiger partial charge in [-0.3, -0.25) is 14.9 Å². The number of ether oxygens (including phenoxy) is 1. The quantitative estimate of drug-likeness (QED) is 0.395. The summed E-state index contributed by atoms with van der Waals surface area (Å²) in [7, 11) is -3.12. The van der Waals surface area contributed by atoms with E-state index in [2.05, 4.69) is 15.5 Å². The molecule has 0 bridgehead atoms. The van der Waals surface area contributed by atoms with Crippen LogP contribution in [0, 0.1) is 0 Å². The van der Waals surface area contributed by atoms with Crippen molar-refractivity contribution in [1.82, 2.24) is 10.2 Å². The molecule has 0 radical (unpaired) electrons. The number of nitrogens with one attached hydrogen (secondary N) is 1. The normalized spacial score (nSPS) is 11.2. The highest BCUT2D eigenvalue weighted by Gasteiger charge is 2.13. The second-order valence-electron chi connectivity index (χ2n) is 5.19. The summed E-state index contributed by atoms with van der Waals surface area (Å²) in [6.45, 7) is 2.05. The Bertz CT molecular complexity index is 878. The maximum absolute atomic E-state index is 12.2. The van der Waals surface area contributed by atoms with E-state index in [1.165, 1.54) is 11.8 Å². The molecule has 2 rings (SSSR count). The fourth-order valence-corrected chi connectivity index (χ4v) is 4.21. The predicted molar refractivity (Wildman–Crippen MR) is 100 cm³/mol. The zero-order chi connectivity index (χ0) is 19.2. The van der Waals surface area contributed by atoms with Gasteiger partial charge in [-0.15, -0.1) is 10.2 Å². The van der Waals surface area contributed by atoms with E-state index >= 15 is 0 Å². The first-order chi connectivity index (χ1) is 12.3. The fraction of sp³-hybridized carbons (Fsp3) is 0.333. The second kappa shape index (κ2) is 9.10. The van der Waals surface area contributed by atoms with Crippen LogP contribution < -0.4 is 5.32 Å². The van der Waals surface area contributed by atoms with Gasteiger partial charge in [0.15, 0.2) is 14.2 Å². The maximum Gasteiger partial charge on any atom is 0.316 e.